The van der Waals surface area contributed by atoms with Crippen molar-refractivity contribution in [2.75, 3.05) is 0 Å². The van der Waals surface area contributed by atoms with E-state index in [2.05, 4.69) is 0 Å². The molecule has 104 valence electrons. The van der Waals surface area contributed by atoms with Gasteiger partial charge in [0.25, 0.3) is 0 Å². The van der Waals surface area contributed by atoms with Gasteiger partial charge in [0.2, 0.25) is 5.91 Å². The third-order valence-electron chi connectivity index (χ3n) is 3.26. The minimum atomic E-state index is -0.857. The van der Waals surface area contributed by atoms with Crippen LogP contribution in [0.1, 0.15) is 38.4 Å². The summed E-state index contributed by atoms with van der Waals surface area (Å²) in [4.78, 5) is 24.7. The lowest BCUT2D eigenvalue weighted by atomic mass is 10.0. The van der Waals surface area contributed by atoms with Crippen LogP contribution in [0.15, 0.2) is 22.8 Å². The lowest BCUT2D eigenvalue weighted by Gasteiger charge is -2.22. The summed E-state index contributed by atoms with van der Waals surface area (Å²) in [5.41, 5.74) is 0. The fraction of sp³-hybridized carbons (Fsp3) is 0.571. The molecule has 0 bridgehead atoms. The summed E-state index contributed by atoms with van der Waals surface area (Å²) < 4.78 is 5.27. The first-order valence-electron chi connectivity index (χ1n) is 6.60. The Hall–Kier alpha value is -1.78. The Morgan fingerprint density at radius 3 is 2.74 bits per heavy atom. The van der Waals surface area contributed by atoms with Crippen LogP contribution >= 0.6 is 0 Å². The largest absolute Gasteiger partial charge is 0.481 e. The van der Waals surface area contributed by atoms with Gasteiger partial charge in [-0.25, -0.2) is 0 Å². The lowest BCUT2D eigenvalue weighted by Crippen LogP contribution is -2.33. The van der Waals surface area contributed by atoms with E-state index in [1.807, 2.05) is 11.0 Å². The summed E-state index contributed by atoms with van der Waals surface area (Å²) in [5, 5.41) is 8.72. The predicted octanol–water partition coefficient (Wildman–Crippen LogP) is 2.27. The fourth-order valence-corrected chi connectivity index (χ4v) is 2.16. The summed E-state index contributed by atoms with van der Waals surface area (Å²) in [6.45, 7) is 2.28. The highest BCUT2D eigenvalue weighted by atomic mass is 16.4. The van der Waals surface area contributed by atoms with Gasteiger partial charge < -0.3 is 14.4 Å². The van der Waals surface area contributed by atoms with Crippen LogP contribution in [0.3, 0.4) is 0 Å². The maximum atomic E-state index is 12.2. The van der Waals surface area contributed by atoms with Crippen LogP contribution in [0.5, 0.6) is 0 Å². The van der Waals surface area contributed by atoms with Crippen LogP contribution in [0.4, 0.5) is 0 Å². The zero-order valence-corrected chi connectivity index (χ0v) is 11.0. The van der Waals surface area contributed by atoms with Crippen molar-refractivity contribution in [1.82, 2.24) is 4.90 Å². The number of nitrogens with zero attached hydrogens (tertiary/aromatic N) is 1. The van der Waals surface area contributed by atoms with Crippen LogP contribution in [-0.4, -0.2) is 27.9 Å². The summed E-state index contributed by atoms with van der Waals surface area (Å²) in [6.07, 6.45) is 3.96. The molecule has 2 rings (SSSR count). The van der Waals surface area contributed by atoms with Crippen LogP contribution in [0, 0.1) is 5.92 Å². The highest BCUT2D eigenvalue weighted by Gasteiger charge is 2.33. The number of furan rings is 1. The van der Waals surface area contributed by atoms with Crippen molar-refractivity contribution < 1.29 is 19.1 Å². The molecule has 5 heteroatoms. The first kappa shape index (κ1) is 13.6. The van der Waals surface area contributed by atoms with E-state index in [1.165, 1.54) is 0 Å². The molecular formula is C14H19NO4. The monoisotopic (exact) mass is 265 g/mol. The first-order chi connectivity index (χ1) is 9.06. The summed E-state index contributed by atoms with van der Waals surface area (Å²) >= 11 is 0. The number of hydrogen-bond acceptors (Lipinski definition) is 3. The van der Waals surface area contributed by atoms with Crippen LogP contribution in [0.2, 0.25) is 0 Å². The normalized spacial score (nSPS) is 16.1. The van der Waals surface area contributed by atoms with Crippen LogP contribution in [0.25, 0.3) is 0 Å². The van der Waals surface area contributed by atoms with Crippen molar-refractivity contribution >= 4 is 11.9 Å². The second kappa shape index (κ2) is 5.91. The quantitative estimate of drug-likeness (QED) is 0.821. The lowest BCUT2D eigenvalue weighted by molar-refractivity contribution is -0.138. The van der Waals surface area contributed by atoms with E-state index in [4.69, 9.17) is 9.52 Å². The molecule has 1 N–H and O–H groups in total. The minimum absolute atomic E-state index is 0.0210. The van der Waals surface area contributed by atoms with E-state index in [9.17, 15) is 9.59 Å². The molecule has 0 spiro atoms. The SMILES string of the molecule is CC(CC(=O)O)CC(=O)N(Cc1ccco1)C1CC1. The number of amides is 1. The third kappa shape index (κ3) is 4.12. The molecule has 19 heavy (non-hydrogen) atoms. The molecule has 1 amide bonds. The van der Waals surface area contributed by atoms with Gasteiger partial charge in [-0.1, -0.05) is 6.92 Å². The summed E-state index contributed by atoms with van der Waals surface area (Å²) in [6, 6.07) is 3.95. The highest BCUT2D eigenvalue weighted by Crippen LogP contribution is 2.29. The fourth-order valence-electron chi connectivity index (χ4n) is 2.16. The number of carboxylic acid groups (broad SMARTS) is 1. The molecule has 1 aromatic rings. The molecule has 1 aromatic heterocycles. The second-order valence-electron chi connectivity index (χ2n) is 5.24. The number of carbonyl (C=O) groups excluding carboxylic acids is 1. The molecule has 1 unspecified atom stereocenters. The average Bonchev–Trinajstić information content (AvgIpc) is 3.02. The Bertz CT molecular complexity index is 436. The summed E-state index contributed by atoms with van der Waals surface area (Å²) in [7, 11) is 0. The minimum Gasteiger partial charge on any atom is -0.481 e. The van der Waals surface area contributed by atoms with Gasteiger partial charge in [0.05, 0.1) is 12.8 Å². The average molecular weight is 265 g/mol. The van der Waals surface area contributed by atoms with E-state index in [1.54, 1.807) is 19.3 Å². The van der Waals surface area contributed by atoms with Gasteiger partial charge >= 0.3 is 5.97 Å². The summed E-state index contributed by atoms with van der Waals surface area (Å²) in [5.74, 6) is -0.203. The predicted molar refractivity (Wildman–Crippen MR) is 68.3 cm³/mol. The molecule has 1 aliphatic rings. The van der Waals surface area contributed by atoms with Crippen molar-refractivity contribution in [3.8, 4) is 0 Å². The van der Waals surface area contributed by atoms with Crippen molar-refractivity contribution in [1.29, 1.82) is 0 Å². The molecule has 1 heterocycles. The maximum absolute atomic E-state index is 12.2. The smallest absolute Gasteiger partial charge is 0.303 e. The molecule has 1 aliphatic carbocycles. The van der Waals surface area contributed by atoms with Gasteiger partial charge in [0.15, 0.2) is 0 Å². The Labute approximate surface area is 112 Å². The molecule has 1 atom stereocenters. The molecule has 0 saturated heterocycles. The zero-order chi connectivity index (χ0) is 13.8. The van der Waals surface area contributed by atoms with E-state index in [0.29, 0.717) is 12.6 Å². The maximum Gasteiger partial charge on any atom is 0.303 e. The van der Waals surface area contributed by atoms with Crippen molar-refractivity contribution in [3.05, 3.63) is 24.2 Å². The van der Waals surface area contributed by atoms with Crippen LogP contribution in [-0.2, 0) is 16.1 Å². The Balaban J connectivity index is 1.91. The Morgan fingerprint density at radius 2 is 2.21 bits per heavy atom. The van der Waals surface area contributed by atoms with Gasteiger partial charge in [0.1, 0.15) is 5.76 Å². The van der Waals surface area contributed by atoms with Gasteiger partial charge in [-0.3, -0.25) is 9.59 Å². The van der Waals surface area contributed by atoms with E-state index in [-0.39, 0.29) is 24.7 Å². The van der Waals surface area contributed by atoms with E-state index in [0.717, 1.165) is 18.6 Å². The first-order valence-corrected chi connectivity index (χ1v) is 6.60. The molecule has 0 aromatic carbocycles. The standard InChI is InChI=1S/C14H19NO4/c1-10(8-14(17)18)7-13(16)15(11-4-5-11)9-12-3-2-6-19-12/h2-3,6,10-11H,4-5,7-9H2,1H3,(H,17,18). The number of carboxylic acids is 1. The molecule has 1 saturated carbocycles. The number of aliphatic carboxylic acids is 1. The molecule has 0 aliphatic heterocycles. The van der Waals surface area contributed by atoms with Gasteiger partial charge in [-0.15, -0.1) is 0 Å². The van der Waals surface area contributed by atoms with Crippen molar-refractivity contribution in [2.45, 2.75) is 45.2 Å². The van der Waals surface area contributed by atoms with Gasteiger partial charge in [-0.05, 0) is 30.9 Å². The second-order valence-corrected chi connectivity index (χ2v) is 5.24. The molecular weight excluding hydrogens is 246 g/mol. The highest BCUT2D eigenvalue weighted by molar-refractivity contribution is 5.78. The van der Waals surface area contributed by atoms with Gasteiger partial charge in [-0.2, -0.15) is 0 Å². The topological polar surface area (TPSA) is 70.8 Å². The third-order valence-corrected chi connectivity index (χ3v) is 3.26. The number of rotatable bonds is 7. The van der Waals surface area contributed by atoms with Gasteiger partial charge in [0, 0.05) is 18.9 Å². The Kier molecular flexibility index (Phi) is 4.24. The van der Waals surface area contributed by atoms with Crippen molar-refractivity contribution in [2.24, 2.45) is 5.92 Å². The molecule has 5 nitrogen and oxygen atoms in total. The van der Waals surface area contributed by atoms with Crippen molar-refractivity contribution in [3.63, 3.8) is 0 Å². The molecule has 0 radical (unpaired) electrons. The van der Waals surface area contributed by atoms with E-state index >= 15 is 0 Å². The number of hydrogen-bond donors (Lipinski definition) is 1. The number of carbonyl (C=O) groups is 2. The Morgan fingerprint density at radius 1 is 1.47 bits per heavy atom. The van der Waals surface area contributed by atoms with Crippen LogP contribution < -0.4 is 0 Å². The van der Waals surface area contributed by atoms with E-state index < -0.39 is 5.97 Å². The zero-order valence-electron chi connectivity index (χ0n) is 11.0. The molecule has 1 fully saturated rings.